The van der Waals surface area contributed by atoms with Crippen molar-refractivity contribution in [3.63, 3.8) is 0 Å². The Kier molecular flexibility index (Phi) is 5.18. The fourth-order valence-electron chi connectivity index (χ4n) is 2.42. The van der Waals surface area contributed by atoms with E-state index >= 15 is 0 Å². The van der Waals surface area contributed by atoms with Gasteiger partial charge in [-0.15, -0.1) is 0 Å². The number of likely N-dealkylation sites (N-methyl/N-ethyl adjacent to an activating group) is 1. The molecular formula is C12H27N3O. The molecule has 0 aromatic heterocycles. The summed E-state index contributed by atoms with van der Waals surface area (Å²) >= 11 is 0. The zero-order valence-corrected chi connectivity index (χ0v) is 10.9. The van der Waals surface area contributed by atoms with Gasteiger partial charge in [0, 0.05) is 25.2 Å². The van der Waals surface area contributed by atoms with Crippen molar-refractivity contribution in [2.75, 3.05) is 27.2 Å². The highest BCUT2D eigenvalue weighted by Gasteiger charge is 2.24. The van der Waals surface area contributed by atoms with Gasteiger partial charge < -0.3 is 21.1 Å². The van der Waals surface area contributed by atoms with Gasteiger partial charge in [-0.1, -0.05) is 0 Å². The van der Waals surface area contributed by atoms with E-state index in [1.807, 2.05) is 25.9 Å². The lowest BCUT2D eigenvalue weighted by Crippen LogP contribution is -2.49. The molecule has 0 aliphatic heterocycles. The molecule has 0 saturated heterocycles. The van der Waals surface area contributed by atoms with Gasteiger partial charge in [0.25, 0.3) is 0 Å². The highest BCUT2D eigenvalue weighted by atomic mass is 16.3. The van der Waals surface area contributed by atoms with E-state index in [9.17, 15) is 5.11 Å². The first kappa shape index (κ1) is 13.9. The molecule has 1 fully saturated rings. The molecule has 1 unspecified atom stereocenters. The molecule has 96 valence electrons. The van der Waals surface area contributed by atoms with Crippen molar-refractivity contribution in [3.8, 4) is 0 Å². The van der Waals surface area contributed by atoms with E-state index < -0.39 is 5.60 Å². The van der Waals surface area contributed by atoms with E-state index in [0.717, 1.165) is 25.7 Å². The number of rotatable bonds is 5. The van der Waals surface area contributed by atoms with Gasteiger partial charge in [-0.3, -0.25) is 0 Å². The Labute approximate surface area is 99.2 Å². The van der Waals surface area contributed by atoms with Gasteiger partial charge in [-0.2, -0.15) is 0 Å². The van der Waals surface area contributed by atoms with Crippen LogP contribution in [0.5, 0.6) is 0 Å². The Hall–Kier alpha value is -0.160. The van der Waals surface area contributed by atoms with Crippen LogP contribution in [0.25, 0.3) is 0 Å². The summed E-state index contributed by atoms with van der Waals surface area (Å²) < 4.78 is 0. The summed E-state index contributed by atoms with van der Waals surface area (Å²) in [5.41, 5.74) is 5.21. The zero-order valence-electron chi connectivity index (χ0n) is 10.9. The van der Waals surface area contributed by atoms with Crippen molar-refractivity contribution in [1.82, 2.24) is 10.2 Å². The minimum Gasteiger partial charge on any atom is -0.388 e. The highest BCUT2D eigenvalue weighted by molar-refractivity contribution is 4.84. The lowest BCUT2D eigenvalue weighted by molar-refractivity contribution is 0.0300. The van der Waals surface area contributed by atoms with Crippen LogP contribution in [0.2, 0.25) is 0 Å². The van der Waals surface area contributed by atoms with Crippen LogP contribution in [0.4, 0.5) is 0 Å². The molecule has 4 nitrogen and oxygen atoms in total. The molecule has 1 aliphatic rings. The average Bonchev–Trinajstić information content (AvgIpc) is 2.15. The lowest BCUT2D eigenvalue weighted by Gasteiger charge is -2.32. The van der Waals surface area contributed by atoms with E-state index in [1.54, 1.807) is 0 Å². The fourth-order valence-corrected chi connectivity index (χ4v) is 2.42. The molecule has 0 radical (unpaired) electrons. The molecule has 0 amide bonds. The minimum atomic E-state index is -0.650. The molecule has 0 bridgehead atoms. The van der Waals surface area contributed by atoms with E-state index in [0.29, 0.717) is 25.2 Å². The number of nitrogens with two attached hydrogens (primary N) is 1. The Morgan fingerprint density at radius 3 is 2.38 bits per heavy atom. The summed E-state index contributed by atoms with van der Waals surface area (Å²) in [4.78, 5) is 2.01. The Bertz CT molecular complexity index is 198. The van der Waals surface area contributed by atoms with Crippen LogP contribution < -0.4 is 11.1 Å². The molecule has 0 aromatic carbocycles. The number of nitrogens with one attached hydrogen (secondary N) is 1. The molecule has 0 spiro atoms. The van der Waals surface area contributed by atoms with Gasteiger partial charge in [-0.25, -0.2) is 0 Å². The first-order chi connectivity index (χ1) is 7.39. The number of hydrogen-bond acceptors (Lipinski definition) is 4. The van der Waals surface area contributed by atoms with E-state index in [2.05, 4.69) is 5.32 Å². The maximum atomic E-state index is 10.1. The summed E-state index contributed by atoms with van der Waals surface area (Å²) in [6, 6.07) is 0.925. The predicted octanol–water partition coefficient (Wildman–Crippen LogP) is 0.159. The van der Waals surface area contributed by atoms with Crippen LogP contribution in [0, 0.1) is 0 Å². The Morgan fingerprint density at radius 2 is 1.88 bits per heavy atom. The smallest absolute Gasteiger partial charge is 0.0869 e. The minimum absolute atomic E-state index is 0.389. The van der Waals surface area contributed by atoms with Crippen LogP contribution in [-0.2, 0) is 0 Å². The third-order valence-corrected chi connectivity index (χ3v) is 3.20. The lowest BCUT2D eigenvalue weighted by atomic mass is 9.91. The molecule has 4 N–H and O–H groups in total. The van der Waals surface area contributed by atoms with Gasteiger partial charge in [0.15, 0.2) is 0 Å². The van der Waals surface area contributed by atoms with Gasteiger partial charge >= 0.3 is 0 Å². The van der Waals surface area contributed by atoms with Gasteiger partial charge in [0.05, 0.1) is 5.60 Å². The molecule has 1 rings (SSSR count). The second kappa shape index (κ2) is 5.96. The first-order valence-corrected chi connectivity index (χ1v) is 6.25. The van der Waals surface area contributed by atoms with Crippen molar-refractivity contribution < 1.29 is 5.11 Å². The molecule has 1 atom stereocenters. The maximum absolute atomic E-state index is 10.1. The molecule has 4 heteroatoms. The van der Waals surface area contributed by atoms with Gasteiger partial charge in [0.1, 0.15) is 0 Å². The number of aliphatic hydroxyl groups is 1. The van der Waals surface area contributed by atoms with Crippen LogP contribution in [0.3, 0.4) is 0 Å². The van der Waals surface area contributed by atoms with E-state index in [-0.39, 0.29) is 0 Å². The summed E-state index contributed by atoms with van der Waals surface area (Å²) in [5.74, 6) is 0. The normalized spacial score (nSPS) is 30.4. The summed E-state index contributed by atoms with van der Waals surface area (Å²) in [7, 11) is 3.96. The predicted molar refractivity (Wildman–Crippen MR) is 67.4 cm³/mol. The van der Waals surface area contributed by atoms with Crippen molar-refractivity contribution in [2.24, 2.45) is 5.73 Å². The van der Waals surface area contributed by atoms with Crippen LogP contribution in [0.15, 0.2) is 0 Å². The van der Waals surface area contributed by atoms with Gasteiger partial charge in [0.2, 0.25) is 0 Å². The fraction of sp³-hybridized carbons (Fsp3) is 1.00. The molecular weight excluding hydrogens is 202 g/mol. The SMILES string of the molecule is CN(C)CC(C)(O)CNC1CCC(N)CC1. The van der Waals surface area contributed by atoms with Crippen LogP contribution in [-0.4, -0.2) is 54.9 Å². The molecule has 16 heavy (non-hydrogen) atoms. The zero-order chi connectivity index (χ0) is 12.2. The summed E-state index contributed by atoms with van der Waals surface area (Å²) in [5, 5.41) is 13.6. The van der Waals surface area contributed by atoms with Crippen molar-refractivity contribution in [1.29, 1.82) is 0 Å². The third kappa shape index (κ3) is 5.25. The van der Waals surface area contributed by atoms with E-state index in [4.69, 9.17) is 5.73 Å². The largest absolute Gasteiger partial charge is 0.388 e. The molecule has 0 heterocycles. The Balaban J connectivity index is 2.23. The summed E-state index contributed by atoms with van der Waals surface area (Å²) in [6.07, 6.45) is 4.49. The second-order valence-electron chi connectivity index (χ2n) is 5.73. The van der Waals surface area contributed by atoms with E-state index in [1.165, 1.54) is 0 Å². The Morgan fingerprint density at radius 1 is 1.31 bits per heavy atom. The topological polar surface area (TPSA) is 61.5 Å². The quantitative estimate of drug-likeness (QED) is 0.628. The average molecular weight is 229 g/mol. The molecule has 1 aliphatic carbocycles. The molecule has 1 saturated carbocycles. The standard InChI is InChI=1S/C12H27N3O/c1-12(16,9-15(2)3)8-14-11-6-4-10(13)5-7-11/h10-11,14,16H,4-9,13H2,1-3H3. The first-order valence-electron chi connectivity index (χ1n) is 6.25. The highest BCUT2D eigenvalue weighted by Crippen LogP contribution is 2.17. The van der Waals surface area contributed by atoms with Crippen molar-refractivity contribution in [2.45, 2.75) is 50.3 Å². The van der Waals surface area contributed by atoms with Gasteiger partial charge in [-0.05, 0) is 46.7 Å². The summed E-state index contributed by atoms with van der Waals surface area (Å²) in [6.45, 7) is 3.23. The van der Waals surface area contributed by atoms with Crippen molar-refractivity contribution in [3.05, 3.63) is 0 Å². The maximum Gasteiger partial charge on any atom is 0.0869 e. The van der Waals surface area contributed by atoms with Crippen LogP contribution in [0.1, 0.15) is 32.6 Å². The monoisotopic (exact) mass is 229 g/mol. The van der Waals surface area contributed by atoms with Crippen molar-refractivity contribution >= 4 is 0 Å². The van der Waals surface area contributed by atoms with Crippen LogP contribution >= 0.6 is 0 Å². The number of nitrogens with zero attached hydrogens (tertiary/aromatic N) is 1. The second-order valence-corrected chi connectivity index (χ2v) is 5.73. The number of hydrogen-bond donors (Lipinski definition) is 3. The molecule has 0 aromatic rings. The third-order valence-electron chi connectivity index (χ3n) is 3.20.